The van der Waals surface area contributed by atoms with Gasteiger partial charge in [-0.1, -0.05) is 25.0 Å². The van der Waals surface area contributed by atoms with Gasteiger partial charge in [-0.05, 0) is 19.3 Å². The Kier molecular flexibility index (Phi) is 5.00. The number of rotatable bonds is 3. The summed E-state index contributed by atoms with van der Waals surface area (Å²) in [6, 6.07) is 0.418. The van der Waals surface area contributed by atoms with E-state index < -0.39 is 0 Å². The van der Waals surface area contributed by atoms with E-state index in [9.17, 15) is 4.39 Å². The van der Waals surface area contributed by atoms with Crippen molar-refractivity contribution in [2.24, 2.45) is 0 Å². The SMILES string of the molecule is FCCNC1/C=C\CCCCC1. The van der Waals surface area contributed by atoms with Crippen LogP contribution in [0.25, 0.3) is 0 Å². The summed E-state index contributed by atoms with van der Waals surface area (Å²) in [6.45, 7) is 0.235. The molecule has 0 saturated heterocycles. The van der Waals surface area contributed by atoms with Crippen LogP contribution in [0.5, 0.6) is 0 Å². The number of allylic oxidation sites excluding steroid dienone is 1. The molecule has 0 amide bonds. The third kappa shape index (κ3) is 3.86. The fourth-order valence-corrected chi connectivity index (χ4v) is 1.57. The smallest absolute Gasteiger partial charge is 0.102 e. The molecule has 1 aliphatic carbocycles. The van der Waals surface area contributed by atoms with Crippen molar-refractivity contribution in [2.45, 2.75) is 38.1 Å². The predicted octanol–water partition coefficient (Wildman–Crippen LogP) is 2.43. The van der Waals surface area contributed by atoms with Crippen LogP contribution in [-0.4, -0.2) is 19.3 Å². The first-order valence-corrected chi connectivity index (χ1v) is 4.89. The highest BCUT2D eigenvalue weighted by atomic mass is 19.1. The number of hydrogen-bond acceptors (Lipinski definition) is 1. The summed E-state index contributed by atoms with van der Waals surface area (Å²) in [5.41, 5.74) is 0. The van der Waals surface area contributed by atoms with Gasteiger partial charge in [0.15, 0.2) is 0 Å². The van der Waals surface area contributed by atoms with Gasteiger partial charge < -0.3 is 5.32 Å². The Labute approximate surface area is 74.0 Å². The minimum atomic E-state index is -0.260. The summed E-state index contributed by atoms with van der Waals surface area (Å²) in [4.78, 5) is 0. The summed E-state index contributed by atoms with van der Waals surface area (Å²) in [5, 5.41) is 3.18. The van der Waals surface area contributed by atoms with Gasteiger partial charge >= 0.3 is 0 Å². The highest BCUT2D eigenvalue weighted by Crippen LogP contribution is 2.11. The van der Waals surface area contributed by atoms with Crippen molar-refractivity contribution in [1.82, 2.24) is 5.32 Å². The van der Waals surface area contributed by atoms with Gasteiger partial charge in [-0.15, -0.1) is 0 Å². The van der Waals surface area contributed by atoms with Gasteiger partial charge in [-0.2, -0.15) is 0 Å². The van der Waals surface area contributed by atoms with Crippen molar-refractivity contribution in [1.29, 1.82) is 0 Å². The van der Waals surface area contributed by atoms with E-state index in [1.807, 2.05) is 0 Å². The van der Waals surface area contributed by atoms with Crippen LogP contribution in [0.4, 0.5) is 4.39 Å². The lowest BCUT2D eigenvalue weighted by atomic mass is 10.0. The third-order valence-corrected chi connectivity index (χ3v) is 2.26. The Balaban J connectivity index is 2.23. The normalized spacial score (nSPS) is 27.6. The maximum atomic E-state index is 11.8. The van der Waals surface area contributed by atoms with Crippen LogP contribution < -0.4 is 5.32 Å². The molecule has 0 heterocycles. The fourth-order valence-electron chi connectivity index (χ4n) is 1.57. The average Bonchev–Trinajstić information content (AvgIpc) is 2.02. The van der Waals surface area contributed by atoms with Crippen molar-refractivity contribution >= 4 is 0 Å². The van der Waals surface area contributed by atoms with Crippen molar-refractivity contribution < 1.29 is 4.39 Å². The number of halogens is 1. The summed E-state index contributed by atoms with van der Waals surface area (Å²) in [6.07, 6.45) is 10.7. The fraction of sp³-hybridized carbons (Fsp3) is 0.800. The quantitative estimate of drug-likeness (QED) is 0.643. The predicted molar refractivity (Wildman–Crippen MR) is 50.0 cm³/mol. The first-order valence-electron chi connectivity index (χ1n) is 4.89. The third-order valence-electron chi connectivity index (χ3n) is 2.26. The van der Waals surface area contributed by atoms with Crippen LogP contribution in [0.3, 0.4) is 0 Å². The zero-order chi connectivity index (χ0) is 8.65. The minimum absolute atomic E-state index is 0.260. The van der Waals surface area contributed by atoms with E-state index in [4.69, 9.17) is 0 Å². The molecule has 0 bridgehead atoms. The maximum Gasteiger partial charge on any atom is 0.102 e. The molecule has 0 saturated carbocycles. The zero-order valence-corrected chi connectivity index (χ0v) is 7.56. The van der Waals surface area contributed by atoms with Crippen molar-refractivity contribution in [3.63, 3.8) is 0 Å². The van der Waals surface area contributed by atoms with Gasteiger partial charge in [0.2, 0.25) is 0 Å². The van der Waals surface area contributed by atoms with E-state index in [0.717, 1.165) is 6.42 Å². The second-order valence-electron chi connectivity index (χ2n) is 3.32. The molecule has 0 radical (unpaired) electrons. The highest BCUT2D eigenvalue weighted by molar-refractivity contribution is 4.94. The first kappa shape index (κ1) is 9.72. The Morgan fingerprint density at radius 3 is 3.08 bits per heavy atom. The average molecular weight is 171 g/mol. The lowest BCUT2D eigenvalue weighted by molar-refractivity contribution is 0.434. The summed E-state index contributed by atoms with van der Waals surface area (Å²) in [5.74, 6) is 0. The van der Waals surface area contributed by atoms with Crippen LogP contribution in [-0.2, 0) is 0 Å². The molecular weight excluding hydrogens is 153 g/mol. The molecule has 1 aliphatic rings. The molecule has 0 aromatic heterocycles. The largest absolute Gasteiger partial charge is 0.308 e. The molecule has 0 aromatic carbocycles. The number of hydrogen-bond donors (Lipinski definition) is 1. The van der Waals surface area contributed by atoms with Gasteiger partial charge in [0.05, 0.1) is 0 Å². The number of nitrogens with one attached hydrogen (secondary N) is 1. The van der Waals surface area contributed by atoms with Crippen LogP contribution in [0, 0.1) is 0 Å². The Hall–Kier alpha value is -0.370. The van der Waals surface area contributed by atoms with Gasteiger partial charge in [0.1, 0.15) is 6.67 Å². The van der Waals surface area contributed by atoms with Crippen LogP contribution in [0.1, 0.15) is 32.1 Å². The molecule has 0 fully saturated rings. The van der Waals surface area contributed by atoms with Gasteiger partial charge in [0.25, 0.3) is 0 Å². The summed E-state index contributed by atoms with van der Waals surface area (Å²) < 4.78 is 11.8. The Bertz CT molecular complexity index is 134. The molecule has 0 spiro atoms. The minimum Gasteiger partial charge on any atom is -0.308 e. The summed E-state index contributed by atoms with van der Waals surface area (Å²) in [7, 11) is 0. The molecule has 2 heteroatoms. The zero-order valence-electron chi connectivity index (χ0n) is 7.56. The Morgan fingerprint density at radius 2 is 2.25 bits per heavy atom. The van der Waals surface area contributed by atoms with Crippen LogP contribution >= 0.6 is 0 Å². The molecule has 0 aliphatic heterocycles. The van der Waals surface area contributed by atoms with E-state index in [1.54, 1.807) is 0 Å². The van der Waals surface area contributed by atoms with Crippen LogP contribution in [0.15, 0.2) is 12.2 Å². The molecule has 1 nitrogen and oxygen atoms in total. The first-order chi connectivity index (χ1) is 5.93. The highest BCUT2D eigenvalue weighted by Gasteiger charge is 2.04. The van der Waals surface area contributed by atoms with Crippen molar-refractivity contribution in [3.8, 4) is 0 Å². The van der Waals surface area contributed by atoms with Crippen molar-refractivity contribution in [3.05, 3.63) is 12.2 Å². The van der Waals surface area contributed by atoms with Gasteiger partial charge in [-0.25, -0.2) is 4.39 Å². The molecule has 0 aromatic rings. The molecule has 1 N–H and O–H groups in total. The van der Waals surface area contributed by atoms with E-state index >= 15 is 0 Å². The standard InChI is InChI=1S/C10H18FN/c11-8-9-12-10-6-4-2-1-3-5-7-10/h4,6,10,12H,1-3,5,7-9H2/b6-4-. The summed E-state index contributed by atoms with van der Waals surface area (Å²) >= 11 is 0. The lowest BCUT2D eigenvalue weighted by Crippen LogP contribution is -2.29. The van der Waals surface area contributed by atoms with Crippen LogP contribution in [0.2, 0.25) is 0 Å². The number of alkyl halides is 1. The van der Waals surface area contributed by atoms with E-state index in [-0.39, 0.29) is 6.67 Å². The monoisotopic (exact) mass is 171 g/mol. The molecular formula is C10H18FN. The van der Waals surface area contributed by atoms with E-state index in [2.05, 4.69) is 17.5 Å². The second-order valence-corrected chi connectivity index (χ2v) is 3.32. The molecule has 70 valence electrons. The van der Waals surface area contributed by atoms with Gasteiger partial charge in [-0.3, -0.25) is 0 Å². The molecule has 1 atom stereocenters. The molecule has 12 heavy (non-hydrogen) atoms. The van der Waals surface area contributed by atoms with Crippen molar-refractivity contribution in [2.75, 3.05) is 13.2 Å². The van der Waals surface area contributed by atoms with E-state index in [0.29, 0.717) is 12.6 Å². The topological polar surface area (TPSA) is 12.0 Å². The second kappa shape index (κ2) is 6.18. The van der Waals surface area contributed by atoms with Gasteiger partial charge in [0, 0.05) is 12.6 Å². The molecule has 1 unspecified atom stereocenters. The maximum absolute atomic E-state index is 11.8. The van der Waals surface area contributed by atoms with E-state index in [1.165, 1.54) is 25.7 Å². The lowest BCUT2D eigenvalue weighted by Gasteiger charge is -2.15. The Morgan fingerprint density at radius 1 is 1.33 bits per heavy atom. The molecule has 1 rings (SSSR count).